The summed E-state index contributed by atoms with van der Waals surface area (Å²) in [5.41, 5.74) is 24.0. The number of para-hydroxylation sites is 6. The fourth-order valence-corrected chi connectivity index (χ4v) is 18.5. The Morgan fingerprint density at radius 1 is 0.107 bits per heavy atom. The van der Waals surface area contributed by atoms with Gasteiger partial charge in [-0.25, -0.2) is 0 Å². The first-order valence-electron chi connectivity index (χ1n) is 38.7. The number of benzene rings is 20. The Morgan fingerprint density at radius 2 is 0.357 bits per heavy atom. The van der Waals surface area contributed by atoms with E-state index in [0.29, 0.717) is 0 Å². The summed E-state index contributed by atoms with van der Waals surface area (Å²) < 4.78 is 9.58. The van der Waals surface area contributed by atoms with E-state index < -0.39 is 0 Å². The second kappa shape index (κ2) is 25.4. The maximum Gasteiger partial charge on any atom is 0.0541 e. The first-order valence-corrected chi connectivity index (χ1v) is 38.7. The molecule has 20 aromatic carbocycles. The monoisotopic (exact) mass is 1420 g/mol. The van der Waals surface area contributed by atoms with Gasteiger partial charge in [0.15, 0.2) is 0 Å². The molecule has 520 valence electrons. The molecule has 0 radical (unpaired) electrons. The van der Waals surface area contributed by atoms with Crippen LogP contribution in [0.1, 0.15) is 0 Å². The summed E-state index contributed by atoms with van der Waals surface area (Å²) in [6, 6.07) is 152. The van der Waals surface area contributed by atoms with Crippen LogP contribution >= 0.6 is 0 Å². The maximum absolute atomic E-state index is 2.42. The molecule has 0 atom stereocenters. The molecule has 0 aliphatic heterocycles. The lowest BCUT2D eigenvalue weighted by Gasteiger charge is -2.12. The summed E-state index contributed by atoms with van der Waals surface area (Å²) in [6.45, 7) is 0. The van der Waals surface area contributed by atoms with Crippen LogP contribution in [0.25, 0.3) is 219 Å². The van der Waals surface area contributed by atoms with Gasteiger partial charge in [-0.3, -0.25) is 0 Å². The van der Waals surface area contributed by atoms with E-state index in [0.717, 1.165) is 11.4 Å². The van der Waals surface area contributed by atoms with Gasteiger partial charge in [-0.15, -0.1) is 0 Å². The Balaban J connectivity index is 0.000000134. The third-order valence-corrected chi connectivity index (χ3v) is 23.8. The molecule has 0 fully saturated rings. The fourth-order valence-electron chi connectivity index (χ4n) is 18.5. The van der Waals surface area contributed by atoms with Crippen molar-refractivity contribution in [2.24, 2.45) is 0 Å². The second-order valence-corrected chi connectivity index (χ2v) is 29.9. The molecule has 0 aliphatic rings. The van der Waals surface area contributed by atoms with Crippen LogP contribution < -0.4 is 0 Å². The van der Waals surface area contributed by atoms with Crippen molar-refractivity contribution in [3.63, 3.8) is 0 Å². The van der Waals surface area contributed by atoms with Crippen LogP contribution in [-0.2, 0) is 0 Å². The van der Waals surface area contributed by atoms with Crippen molar-refractivity contribution in [1.82, 2.24) is 18.3 Å². The zero-order valence-corrected chi connectivity index (χ0v) is 61.0. The quantitative estimate of drug-likeness (QED) is 0.135. The molecule has 4 aromatic heterocycles. The van der Waals surface area contributed by atoms with E-state index >= 15 is 0 Å². The Morgan fingerprint density at radius 3 is 0.750 bits per heavy atom. The third kappa shape index (κ3) is 10.1. The molecule has 0 unspecified atom stereocenters. The lowest BCUT2D eigenvalue weighted by molar-refractivity contribution is 1.18. The first-order chi connectivity index (χ1) is 55.5. The Labute approximate surface area is 645 Å². The maximum atomic E-state index is 2.42. The Bertz CT molecular complexity index is 7990. The van der Waals surface area contributed by atoms with Gasteiger partial charge in [0.1, 0.15) is 0 Å². The van der Waals surface area contributed by atoms with E-state index in [-0.39, 0.29) is 0 Å². The molecule has 0 spiro atoms. The number of hydrogen-bond donors (Lipinski definition) is 0. The number of hydrogen-bond acceptors (Lipinski definition) is 0. The average molecular weight is 1420 g/mol. The van der Waals surface area contributed by atoms with Gasteiger partial charge in [0, 0.05) is 65.8 Å². The van der Waals surface area contributed by atoms with Crippen molar-refractivity contribution in [3.8, 4) is 67.3 Å². The summed E-state index contributed by atoms with van der Waals surface area (Å²) in [7, 11) is 0. The van der Waals surface area contributed by atoms with Crippen LogP contribution in [-0.4, -0.2) is 18.3 Å². The van der Waals surface area contributed by atoms with Crippen molar-refractivity contribution in [1.29, 1.82) is 0 Å². The van der Waals surface area contributed by atoms with E-state index in [1.165, 1.54) is 208 Å². The molecule has 0 saturated carbocycles. The molecular weight excluding hydrogens is 1350 g/mol. The van der Waals surface area contributed by atoms with E-state index in [1.54, 1.807) is 0 Å². The Hall–Kier alpha value is -14.8. The first kappa shape index (κ1) is 63.3. The van der Waals surface area contributed by atoms with Crippen LogP contribution in [0, 0.1) is 0 Å². The zero-order chi connectivity index (χ0) is 73.5. The highest BCUT2D eigenvalue weighted by molar-refractivity contribution is 6.20. The molecule has 0 aliphatic carbocycles. The van der Waals surface area contributed by atoms with Gasteiger partial charge in [0.05, 0.1) is 44.1 Å². The van der Waals surface area contributed by atoms with E-state index in [1.807, 2.05) is 0 Å². The molecular formula is C108H68N4. The number of rotatable bonds is 8. The highest BCUT2D eigenvalue weighted by Gasteiger charge is 2.21. The average Bonchev–Trinajstić information content (AvgIpc) is 1.53. The summed E-state index contributed by atoms with van der Waals surface area (Å²) in [5, 5.41) is 25.5. The van der Waals surface area contributed by atoms with E-state index in [9.17, 15) is 0 Å². The van der Waals surface area contributed by atoms with Crippen molar-refractivity contribution in [2.45, 2.75) is 0 Å². The molecule has 4 heterocycles. The zero-order valence-electron chi connectivity index (χ0n) is 61.0. The molecule has 4 nitrogen and oxygen atoms in total. The summed E-state index contributed by atoms with van der Waals surface area (Å²) in [6.07, 6.45) is 0. The second-order valence-electron chi connectivity index (χ2n) is 29.9. The molecule has 24 rings (SSSR count). The Kier molecular flexibility index (Phi) is 14.3. The molecule has 0 saturated heterocycles. The minimum absolute atomic E-state index is 1.15. The van der Waals surface area contributed by atoms with Gasteiger partial charge < -0.3 is 18.3 Å². The molecule has 0 amide bonds. The highest BCUT2D eigenvalue weighted by atomic mass is 15.0. The van der Waals surface area contributed by atoms with Gasteiger partial charge in [0.2, 0.25) is 0 Å². The van der Waals surface area contributed by atoms with Crippen molar-refractivity contribution in [3.05, 3.63) is 413 Å². The largest absolute Gasteiger partial charge is 0.309 e. The lowest BCUT2D eigenvalue weighted by atomic mass is 9.95. The molecule has 4 heteroatoms. The normalized spacial score (nSPS) is 11.9. The molecule has 112 heavy (non-hydrogen) atoms. The topological polar surface area (TPSA) is 19.7 Å². The lowest BCUT2D eigenvalue weighted by Crippen LogP contribution is -1.94. The molecule has 24 aromatic rings. The third-order valence-electron chi connectivity index (χ3n) is 23.8. The summed E-state index contributed by atoms with van der Waals surface area (Å²) in [4.78, 5) is 0. The summed E-state index contributed by atoms with van der Waals surface area (Å²) >= 11 is 0. The predicted octanol–water partition coefficient (Wildman–Crippen LogP) is 29.3. The molecule has 0 N–H and O–H groups in total. The SMILES string of the molecule is c1ccc(-n2c3ccccc3c3cc(-c4ccc5c(c4)c4ccccc4n5-c4ccc(-c5ccc6c(ccc7c8ccccc8ccc67)c5)cc4)ccc32)cc1.c1ccc(-n2c3ccccc3c3cc(-c4ccc5c(c4)c4ccccc4n5-c4cccc(-c5ccc6c(ccc7c8ccccc8ccc67)c5)c4)ccc32)cc1. The number of fused-ring (bicyclic) bond motifs is 22. The van der Waals surface area contributed by atoms with Gasteiger partial charge in [-0.05, 0) is 243 Å². The van der Waals surface area contributed by atoms with E-state index in [4.69, 9.17) is 0 Å². The van der Waals surface area contributed by atoms with Gasteiger partial charge >= 0.3 is 0 Å². The minimum atomic E-state index is 1.15. The van der Waals surface area contributed by atoms with Crippen LogP contribution in [0.2, 0.25) is 0 Å². The standard InChI is InChI=1S/2C54H34N2/c1-2-13-41(14-3-1)55-51-19-8-6-17-47(51)49-33-38(24-29-53(49)55)39-25-30-54-50(34-39)48-18-7-9-20-52(48)56(54)42-15-10-12-36(32-42)37-22-26-44-40(31-37)23-28-45-43-16-5-4-11-35(43)21-27-46(44)45;1-2-11-41(12-3-1)55-51-16-8-6-14-47(51)49-33-38(23-30-53(49)55)39-24-31-54-50(34-39)48-15-7-9-17-52(48)56(54)42-25-18-35(19-26-42)37-21-27-44-40(32-37)22-29-45-43-13-5-4-10-36(43)20-28-46(44)45/h2*1-34H. The van der Waals surface area contributed by atoms with Crippen LogP contribution in [0.15, 0.2) is 413 Å². The number of aromatic nitrogens is 4. The highest BCUT2D eigenvalue weighted by Crippen LogP contribution is 2.44. The fraction of sp³-hybridized carbons (Fsp3) is 0. The van der Waals surface area contributed by atoms with Crippen LogP contribution in [0.5, 0.6) is 0 Å². The van der Waals surface area contributed by atoms with Crippen molar-refractivity contribution in [2.75, 3.05) is 0 Å². The smallest absolute Gasteiger partial charge is 0.0541 e. The van der Waals surface area contributed by atoms with Gasteiger partial charge in [0.25, 0.3) is 0 Å². The van der Waals surface area contributed by atoms with Crippen LogP contribution in [0.3, 0.4) is 0 Å². The van der Waals surface area contributed by atoms with E-state index in [2.05, 4.69) is 431 Å². The summed E-state index contributed by atoms with van der Waals surface area (Å²) in [5.74, 6) is 0. The van der Waals surface area contributed by atoms with Gasteiger partial charge in [-0.1, -0.05) is 279 Å². The van der Waals surface area contributed by atoms with Gasteiger partial charge in [-0.2, -0.15) is 0 Å². The number of nitrogens with zero attached hydrogens (tertiary/aromatic N) is 4. The molecule has 0 bridgehead atoms. The van der Waals surface area contributed by atoms with Crippen molar-refractivity contribution >= 4 is 152 Å². The van der Waals surface area contributed by atoms with Crippen molar-refractivity contribution < 1.29 is 0 Å². The minimum Gasteiger partial charge on any atom is -0.309 e. The van der Waals surface area contributed by atoms with Crippen LogP contribution in [0.4, 0.5) is 0 Å². The predicted molar refractivity (Wildman–Crippen MR) is 477 cm³/mol.